The van der Waals surface area contributed by atoms with Gasteiger partial charge in [-0.2, -0.15) is 0 Å². The molecule has 3 N–H and O–H groups in total. The van der Waals surface area contributed by atoms with Crippen LogP contribution in [0.3, 0.4) is 0 Å². The van der Waals surface area contributed by atoms with E-state index in [0.717, 1.165) is 84.1 Å². The molecule has 3 saturated heterocycles. The van der Waals surface area contributed by atoms with E-state index in [0.29, 0.717) is 13.0 Å². The lowest BCUT2D eigenvalue weighted by molar-refractivity contribution is -0.154. The van der Waals surface area contributed by atoms with Crippen LogP contribution in [0.5, 0.6) is 5.75 Å². The molecule has 1 amide bonds. The van der Waals surface area contributed by atoms with Gasteiger partial charge >= 0.3 is 0 Å². The molecule has 3 fully saturated rings. The van der Waals surface area contributed by atoms with Crippen LogP contribution in [0, 0.1) is 5.41 Å². The third kappa shape index (κ3) is 9.58. The summed E-state index contributed by atoms with van der Waals surface area (Å²) >= 11 is 0. The topological polar surface area (TPSA) is 140 Å². The maximum Gasteiger partial charge on any atom is 0.290 e. The van der Waals surface area contributed by atoms with E-state index in [1.807, 2.05) is 13.1 Å². The van der Waals surface area contributed by atoms with Gasteiger partial charge in [-0.05, 0) is 44.8 Å². The number of β-amino-alcohol motifs (C(OH)–C–C–N with tert-alkyl or cyclic N) is 1. The Morgan fingerprint density at radius 2 is 1.68 bits per heavy atom. The molecule has 0 aliphatic carbocycles. The van der Waals surface area contributed by atoms with E-state index in [1.54, 1.807) is 4.90 Å². The van der Waals surface area contributed by atoms with Crippen molar-refractivity contribution in [2.45, 2.75) is 38.3 Å². The molecule has 1 aromatic rings. The fourth-order valence-corrected chi connectivity index (χ4v) is 5.28. The Balaban J connectivity index is 0.000000733. The normalized spacial score (nSPS) is 21.7. The molecule has 3 aliphatic rings. The first-order chi connectivity index (χ1) is 17.9. The number of rotatable bonds is 7. The number of piperidine rings is 2. The van der Waals surface area contributed by atoms with E-state index in [4.69, 9.17) is 29.3 Å². The van der Waals surface area contributed by atoms with Crippen LogP contribution < -0.4 is 4.74 Å². The van der Waals surface area contributed by atoms with Crippen LogP contribution in [-0.4, -0.2) is 121 Å². The minimum atomic E-state index is -0.402. The number of aliphatic hydroxyl groups is 1. The van der Waals surface area contributed by atoms with E-state index < -0.39 is 6.10 Å². The molecule has 11 heteroatoms. The van der Waals surface area contributed by atoms with Gasteiger partial charge in [0.1, 0.15) is 5.75 Å². The number of amides is 1. The summed E-state index contributed by atoms with van der Waals surface area (Å²) in [7, 11) is 1.81. The van der Waals surface area contributed by atoms with Gasteiger partial charge < -0.3 is 29.7 Å². The molecule has 0 bridgehead atoms. The van der Waals surface area contributed by atoms with Crippen LogP contribution >= 0.6 is 0 Å². The fourth-order valence-electron chi connectivity index (χ4n) is 5.28. The standard InChI is InChI=1S/C24H37N3O4.2CH2O2/c1-25-19-21(28)17-24(23(25)29)7-10-27(11-8-24)18-20-5-2-3-6-22(20)31-14-4-9-26-12-15-30-16-13-26;2*2-1-3/h2-3,5-6,21,28H,4,7-19H2,1H3;2*1H,(H,2,3). The number of ether oxygens (including phenoxy) is 2. The van der Waals surface area contributed by atoms with Crippen LogP contribution in [0.15, 0.2) is 24.3 Å². The molecule has 1 spiro atoms. The predicted octanol–water partition coefficient (Wildman–Crippen LogP) is 0.995. The van der Waals surface area contributed by atoms with Crippen LogP contribution in [0.25, 0.3) is 0 Å². The Kier molecular flexibility index (Phi) is 13.3. The Morgan fingerprint density at radius 1 is 1.05 bits per heavy atom. The van der Waals surface area contributed by atoms with Crippen molar-refractivity contribution < 1.29 is 39.2 Å². The van der Waals surface area contributed by atoms with Crippen molar-refractivity contribution >= 4 is 18.9 Å². The van der Waals surface area contributed by atoms with E-state index in [1.165, 1.54) is 5.56 Å². The summed E-state index contributed by atoms with van der Waals surface area (Å²) in [5.74, 6) is 1.18. The van der Waals surface area contributed by atoms with Gasteiger partial charge in [-0.25, -0.2) is 0 Å². The number of para-hydroxylation sites is 1. The molecule has 0 saturated carbocycles. The number of nitrogens with zero attached hydrogens (tertiary/aromatic N) is 3. The fraction of sp³-hybridized carbons (Fsp3) is 0.654. The average Bonchev–Trinajstić information content (AvgIpc) is 2.89. The number of hydrogen-bond acceptors (Lipinski definition) is 8. The second-order valence-electron chi connectivity index (χ2n) is 9.57. The Morgan fingerprint density at radius 3 is 2.32 bits per heavy atom. The van der Waals surface area contributed by atoms with Gasteiger partial charge in [0.15, 0.2) is 0 Å². The van der Waals surface area contributed by atoms with Crippen LogP contribution in [0.2, 0.25) is 0 Å². The largest absolute Gasteiger partial charge is 0.493 e. The lowest BCUT2D eigenvalue weighted by Crippen LogP contribution is -2.56. The van der Waals surface area contributed by atoms with E-state index in [-0.39, 0.29) is 24.3 Å². The highest BCUT2D eigenvalue weighted by Gasteiger charge is 2.47. The first-order valence-corrected chi connectivity index (χ1v) is 12.7. The molecule has 0 aromatic heterocycles. The second kappa shape index (κ2) is 16.2. The molecule has 4 rings (SSSR count). The van der Waals surface area contributed by atoms with E-state index >= 15 is 0 Å². The minimum absolute atomic E-state index is 0.210. The third-order valence-corrected chi connectivity index (χ3v) is 7.07. The van der Waals surface area contributed by atoms with Gasteiger partial charge in [0.25, 0.3) is 12.9 Å². The molecule has 11 nitrogen and oxygen atoms in total. The zero-order valence-electron chi connectivity index (χ0n) is 21.7. The average molecular weight is 524 g/mol. The molecule has 37 heavy (non-hydrogen) atoms. The number of carbonyl (C=O) groups excluding carboxylic acids is 1. The molecule has 1 aromatic carbocycles. The van der Waals surface area contributed by atoms with Crippen molar-refractivity contribution in [2.24, 2.45) is 5.41 Å². The van der Waals surface area contributed by atoms with Crippen LogP contribution in [0.1, 0.15) is 31.2 Å². The number of carboxylic acid groups (broad SMARTS) is 2. The number of aliphatic hydroxyl groups excluding tert-OH is 1. The summed E-state index contributed by atoms with van der Waals surface area (Å²) in [4.78, 5) is 36.1. The van der Waals surface area contributed by atoms with Crippen molar-refractivity contribution in [3.05, 3.63) is 29.8 Å². The van der Waals surface area contributed by atoms with Gasteiger partial charge in [0.2, 0.25) is 5.91 Å². The van der Waals surface area contributed by atoms with Crippen LogP contribution in [-0.2, 0) is 25.7 Å². The molecule has 1 unspecified atom stereocenters. The molecule has 208 valence electrons. The van der Waals surface area contributed by atoms with Crippen molar-refractivity contribution in [1.82, 2.24) is 14.7 Å². The predicted molar refractivity (Wildman–Crippen MR) is 136 cm³/mol. The first-order valence-electron chi connectivity index (χ1n) is 12.7. The molecule has 1 atom stereocenters. The lowest BCUT2D eigenvalue weighted by atomic mass is 9.71. The highest BCUT2D eigenvalue weighted by molar-refractivity contribution is 5.83. The highest BCUT2D eigenvalue weighted by atomic mass is 16.5. The number of morpholine rings is 1. The van der Waals surface area contributed by atoms with Crippen molar-refractivity contribution in [1.29, 1.82) is 0 Å². The summed E-state index contributed by atoms with van der Waals surface area (Å²) in [6.07, 6.45) is 2.85. The van der Waals surface area contributed by atoms with Crippen molar-refractivity contribution in [2.75, 3.05) is 66.1 Å². The second-order valence-corrected chi connectivity index (χ2v) is 9.57. The Labute approximate surface area is 218 Å². The summed E-state index contributed by atoms with van der Waals surface area (Å²) < 4.78 is 11.6. The number of hydrogen-bond donors (Lipinski definition) is 3. The summed E-state index contributed by atoms with van der Waals surface area (Å²) in [6, 6.07) is 8.30. The monoisotopic (exact) mass is 523 g/mol. The Hall–Kier alpha value is -2.73. The first kappa shape index (κ1) is 30.5. The molecule has 3 aliphatic heterocycles. The molecule has 3 heterocycles. The minimum Gasteiger partial charge on any atom is -0.493 e. The molecular formula is C26H41N3O8. The summed E-state index contributed by atoms with van der Waals surface area (Å²) in [6.45, 7) is 8.01. The van der Waals surface area contributed by atoms with E-state index in [9.17, 15) is 9.90 Å². The summed E-state index contributed by atoms with van der Waals surface area (Å²) in [5.41, 5.74) is 0.829. The van der Waals surface area contributed by atoms with Crippen molar-refractivity contribution in [3.8, 4) is 5.75 Å². The lowest BCUT2D eigenvalue weighted by Gasteiger charge is -2.47. The maximum atomic E-state index is 12.8. The molecular weight excluding hydrogens is 482 g/mol. The molecule has 0 radical (unpaired) electrons. The van der Waals surface area contributed by atoms with Gasteiger partial charge in [0.05, 0.1) is 31.3 Å². The van der Waals surface area contributed by atoms with Gasteiger partial charge in [0, 0.05) is 45.3 Å². The highest BCUT2D eigenvalue weighted by Crippen LogP contribution is 2.41. The number of likely N-dealkylation sites (tertiary alicyclic amines) is 2. The smallest absolute Gasteiger partial charge is 0.290 e. The third-order valence-electron chi connectivity index (χ3n) is 7.07. The zero-order valence-corrected chi connectivity index (χ0v) is 21.7. The van der Waals surface area contributed by atoms with Gasteiger partial charge in [-0.15, -0.1) is 0 Å². The van der Waals surface area contributed by atoms with Gasteiger partial charge in [-0.3, -0.25) is 24.2 Å². The van der Waals surface area contributed by atoms with E-state index in [2.05, 4.69) is 28.0 Å². The zero-order chi connectivity index (χ0) is 27.1. The maximum absolute atomic E-state index is 12.8. The number of likely N-dealkylation sites (N-methyl/N-ethyl adjacent to an activating group) is 1. The Bertz CT molecular complexity index is 820. The van der Waals surface area contributed by atoms with Crippen molar-refractivity contribution in [3.63, 3.8) is 0 Å². The SMILES string of the molecule is CN1CC(O)CC2(CCN(Cc3ccccc3OCCCN3CCOCC3)CC2)C1=O.O=CO.O=CO. The van der Waals surface area contributed by atoms with Gasteiger partial charge in [-0.1, -0.05) is 18.2 Å². The van der Waals surface area contributed by atoms with Crippen LogP contribution in [0.4, 0.5) is 0 Å². The number of carbonyl (C=O) groups is 3. The summed E-state index contributed by atoms with van der Waals surface area (Å²) in [5, 5.41) is 24.0. The quantitative estimate of drug-likeness (QED) is 0.350. The number of benzene rings is 1.